The van der Waals surface area contributed by atoms with Crippen LogP contribution in [0.5, 0.6) is 5.75 Å². The molecule has 7 nitrogen and oxygen atoms in total. The Kier molecular flexibility index (Phi) is 9.28. The largest absolute Gasteiger partial charge is 0.497 e. The molecule has 0 spiro atoms. The summed E-state index contributed by atoms with van der Waals surface area (Å²) in [5.41, 5.74) is 3.09. The number of piperazine rings is 1. The standard InChI is InChI=1S/C32H31N3O4S2/c1-39-27-14-7-23(8-15-27)9-16-28(36)25-10-12-26(13-11-25)35-30(37)21-29(31(35)38)41-32(40)34-19-17-33(18-20-34)22-24-5-3-2-4-6-24/h2-16,29H,17-22H2,1H3/b16-9+/t29-/m0/s1. The first-order valence-corrected chi connectivity index (χ1v) is 14.8. The number of benzene rings is 3. The van der Waals surface area contributed by atoms with Crippen molar-refractivity contribution in [3.63, 3.8) is 0 Å². The summed E-state index contributed by atoms with van der Waals surface area (Å²) in [7, 11) is 1.60. The van der Waals surface area contributed by atoms with Crippen LogP contribution in [0.25, 0.3) is 6.08 Å². The van der Waals surface area contributed by atoms with E-state index in [-0.39, 0.29) is 24.0 Å². The number of amides is 2. The minimum absolute atomic E-state index is 0.100. The van der Waals surface area contributed by atoms with Gasteiger partial charge in [-0.1, -0.05) is 72.5 Å². The molecule has 0 bridgehead atoms. The van der Waals surface area contributed by atoms with Crippen molar-refractivity contribution in [1.29, 1.82) is 0 Å². The number of thiocarbonyl (C=S) groups is 1. The molecule has 2 aliphatic heterocycles. The van der Waals surface area contributed by atoms with E-state index in [1.54, 1.807) is 37.5 Å². The number of ether oxygens (including phenoxy) is 1. The Morgan fingerprint density at radius 2 is 1.63 bits per heavy atom. The summed E-state index contributed by atoms with van der Waals surface area (Å²) in [6.07, 6.45) is 3.33. The average molecular weight is 586 g/mol. The van der Waals surface area contributed by atoms with Crippen molar-refractivity contribution < 1.29 is 19.1 Å². The van der Waals surface area contributed by atoms with Gasteiger partial charge in [-0.15, -0.1) is 0 Å². The first-order chi connectivity index (χ1) is 19.9. The number of hydrogen-bond acceptors (Lipinski definition) is 7. The zero-order chi connectivity index (χ0) is 28.8. The lowest BCUT2D eigenvalue weighted by Crippen LogP contribution is -2.47. The number of methoxy groups -OCH3 is 1. The van der Waals surface area contributed by atoms with Gasteiger partial charge in [0.1, 0.15) is 15.3 Å². The molecule has 2 saturated heterocycles. The Balaban J connectivity index is 1.14. The molecule has 0 saturated carbocycles. The predicted octanol–water partition coefficient (Wildman–Crippen LogP) is 5.06. The van der Waals surface area contributed by atoms with Crippen LogP contribution in [0.2, 0.25) is 0 Å². The van der Waals surface area contributed by atoms with E-state index in [1.165, 1.54) is 28.3 Å². The highest BCUT2D eigenvalue weighted by Crippen LogP contribution is 2.32. The van der Waals surface area contributed by atoms with Crippen molar-refractivity contribution in [1.82, 2.24) is 9.80 Å². The second-order valence-corrected chi connectivity index (χ2v) is 11.7. The molecule has 0 N–H and O–H groups in total. The number of carbonyl (C=O) groups is 3. The van der Waals surface area contributed by atoms with E-state index in [2.05, 4.69) is 34.1 Å². The number of nitrogens with zero attached hydrogens (tertiary/aromatic N) is 3. The van der Waals surface area contributed by atoms with Crippen LogP contribution in [0.1, 0.15) is 27.9 Å². The third-order valence-corrected chi connectivity index (χ3v) is 8.84. The molecule has 0 radical (unpaired) electrons. The Bertz CT molecular complexity index is 1430. The Morgan fingerprint density at radius 3 is 2.29 bits per heavy atom. The van der Waals surface area contributed by atoms with Gasteiger partial charge in [-0.05, 0) is 53.6 Å². The quantitative estimate of drug-likeness (QED) is 0.157. The molecule has 2 heterocycles. The van der Waals surface area contributed by atoms with Crippen LogP contribution in [0.15, 0.2) is 84.9 Å². The maximum Gasteiger partial charge on any atom is 0.247 e. The number of allylic oxidation sites excluding steroid dienone is 1. The molecule has 41 heavy (non-hydrogen) atoms. The van der Waals surface area contributed by atoms with E-state index in [4.69, 9.17) is 17.0 Å². The molecule has 3 aromatic rings. The number of imide groups is 1. The van der Waals surface area contributed by atoms with Gasteiger partial charge in [-0.3, -0.25) is 19.3 Å². The van der Waals surface area contributed by atoms with E-state index < -0.39 is 5.25 Å². The smallest absolute Gasteiger partial charge is 0.247 e. The third-order valence-electron chi connectivity index (χ3n) is 7.18. The van der Waals surface area contributed by atoms with Crippen molar-refractivity contribution in [3.8, 4) is 5.75 Å². The number of carbonyl (C=O) groups excluding carboxylic acids is 3. The minimum Gasteiger partial charge on any atom is -0.497 e. The van der Waals surface area contributed by atoms with Gasteiger partial charge >= 0.3 is 0 Å². The molecule has 2 aliphatic rings. The predicted molar refractivity (Wildman–Crippen MR) is 167 cm³/mol. The second-order valence-electron chi connectivity index (χ2n) is 9.91. The van der Waals surface area contributed by atoms with Gasteiger partial charge < -0.3 is 9.64 Å². The lowest BCUT2D eigenvalue weighted by atomic mass is 10.1. The van der Waals surface area contributed by atoms with E-state index in [9.17, 15) is 14.4 Å². The molecule has 5 rings (SSSR count). The highest BCUT2D eigenvalue weighted by Gasteiger charge is 2.41. The fourth-order valence-electron chi connectivity index (χ4n) is 4.85. The molecule has 0 unspecified atom stereocenters. The summed E-state index contributed by atoms with van der Waals surface area (Å²) < 4.78 is 5.81. The van der Waals surface area contributed by atoms with Crippen LogP contribution in [-0.4, -0.2) is 70.3 Å². The molecule has 210 valence electrons. The van der Waals surface area contributed by atoms with Crippen LogP contribution >= 0.6 is 24.0 Å². The van der Waals surface area contributed by atoms with Crippen molar-refractivity contribution in [3.05, 3.63) is 102 Å². The fraction of sp³-hybridized carbons (Fsp3) is 0.250. The molecular formula is C32H31N3O4S2. The maximum absolute atomic E-state index is 13.2. The van der Waals surface area contributed by atoms with Gasteiger partial charge in [0.2, 0.25) is 11.8 Å². The average Bonchev–Trinajstić information content (AvgIpc) is 3.28. The number of thioether (sulfide) groups is 1. The number of hydrogen-bond donors (Lipinski definition) is 0. The van der Waals surface area contributed by atoms with Gasteiger partial charge in [-0.25, -0.2) is 4.90 Å². The summed E-state index contributed by atoms with van der Waals surface area (Å²) >= 11 is 6.98. The highest BCUT2D eigenvalue weighted by molar-refractivity contribution is 8.23. The number of ketones is 1. The number of anilines is 1. The molecule has 0 aliphatic carbocycles. The van der Waals surface area contributed by atoms with E-state index in [0.29, 0.717) is 15.6 Å². The van der Waals surface area contributed by atoms with Gasteiger partial charge in [0.25, 0.3) is 0 Å². The van der Waals surface area contributed by atoms with E-state index in [1.807, 2.05) is 30.3 Å². The number of rotatable bonds is 8. The second kappa shape index (κ2) is 13.2. The molecule has 2 fully saturated rings. The van der Waals surface area contributed by atoms with Gasteiger partial charge in [-0.2, -0.15) is 0 Å². The van der Waals surface area contributed by atoms with Crippen LogP contribution in [0, 0.1) is 0 Å². The van der Waals surface area contributed by atoms with Gasteiger partial charge in [0.15, 0.2) is 5.78 Å². The molecule has 3 aromatic carbocycles. The highest BCUT2D eigenvalue weighted by atomic mass is 32.2. The monoisotopic (exact) mass is 585 g/mol. The van der Waals surface area contributed by atoms with Crippen LogP contribution in [0.4, 0.5) is 5.69 Å². The zero-order valence-electron chi connectivity index (χ0n) is 22.8. The SMILES string of the molecule is COc1ccc(/C=C/C(=O)c2ccc(N3C(=O)C[C@H](SC(=S)N4CCN(Cc5ccccc5)CC4)C3=O)cc2)cc1. The first-order valence-electron chi connectivity index (χ1n) is 13.5. The van der Waals surface area contributed by atoms with Crippen molar-refractivity contribution in [2.24, 2.45) is 0 Å². The van der Waals surface area contributed by atoms with Crippen LogP contribution < -0.4 is 9.64 Å². The Morgan fingerprint density at radius 1 is 0.951 bits per heavy atom. The molecule has 1 atom stereocenters. The zero-order valence-corrected chi connectivity index (χ0v) is 24.4. The van der Waals surface area contributed by atoms with Crippen molar-refractivity contribution in [2.45, 2.75) is 18.2 Å². The summed E-state index contributed by atoms with van der Waals surface area (Å²) in [5, 5.41) is -0.550. The fourth-order valence-corrected chi connectivity index (χ4v) is 6.39. The first kappa shape index (κ1) is 28.7. The molecule has 9 heteroatoms. The molecule has 2 amide bonds. The Labute approximate surface area is 249 Å². The van der Waals surface area contributed by atoms with Gasteiger partial charge in [0, 0.05) is 44.7 Å². The van der Waals surface area contributed by atoms with Crippen LogP contribution in [0.3, 0.4) is 0 Å². The van der Waals surface area contributed by atoms with Crippen molar-refractivity contribution in [2.75, 3.05) is 38.2 Å². The molecular weight excluding hydrogens is 555 g/mol. The summed E-state index contributed by atoms with van der Waals surface area (Å²) in [6.45, 7) is 4.26. The lowest BCUT2D eigenvalue weighted by molar-refractivity contribution is -0.121. The van der Waals surface area contributed by atoms with Crippen molar-refractivity contribution >= 4 is 57.7 Å². The van der Waals surface area contributed by atoms with Gasteiger partial charge in [0.05, 0.1) is 12.8 Å². The van der Waals surface area contributed by atoms with E-state index >= 15 is 0 Å². The topological polar surface area (TPSA) is 70.2 Å². The Hall–Kier alpha value is -3.79. The normalized spacial score (nSPS) is 17.8. The summed E-state index contributed by atoms with van der Waals surface area (Å²) in [5.74, 6) is 0.0361. The maximum atomic E-state index is 13.2. The minimum atomic E-state index is -0.550. The molecule has 0 aromatic heterocycles. The lowest BCUT2D eigenvalue weighted by Gasteiger charge is -2.36. The third kappa shape index (κ3) is 7.11. The van der Waals surface area contributed by atoms with E-state index in [0.717, 1.165) is 44.0 Å². The van der Waals surface area contributed by atoms with Crippen LogP contribution in [-0.2, 0) is 16.1 Å². The summed E-state index contributed by atoms with van der Waals surface area (Å²) in [6, 6.07) is 24.3. The summed E-state index contributed by atoms with van der Waals surface area (Å²) in [4.78, 5) is 44.4.